The second-order valence-corrected chi connectivity index (χ2v) is 4.01. The van der Waals surface area contributed by atoms with E-state index in [4.69, 9.17) is 5.11 Å². The Balaban J connectivity index is 2.30. The minimum atomic E-state index is -4.43. The Morgan fingerprint density at radius 1 is 1.28 bits per heavy atom. The van der Waals surface area contributed by atoms with E-state index in [1.807, 2.05) is 0 Å². The number of hydrogen-bond acceptors (Lipinski definition) is 3. The van der Waals surface area contributed by atoms with Gasteiger partial charge in [-0.25, -0.2) is 0 Å². The highest BCUT2D eigenvalue weighted by Crippen LogP contribution is 2.30. The van der Waals surface area contributed by atoms with Gasteiger partial charge in [-0.05, 0) is 24.3 Å². The number of hydrogen-bond donors (Lipinski definition) is 2. The molecule has 1 saturated heterocycles. The van der Waals surface area contributed by atoms with Crippen molar-refractivity contribution in [2.24, 2.45) is 0 Å². The van der Waals surface area contributed by atoms with Crippen molar-refractivity contribution >= 4 is 11.6 Å². The first-order valence-electron chi connectivity index (χ1n) is 5.27. The number of phenols is 1. The van der Waals surface area contributed by atoms with E-state index < -0.39 is 24.7 Å². The van der Waals surface area contributed by atoms with Crippen LogP contribution < -0.4 is 10.2 Å². The highest BCUT2D eigenvalue weighted by Gasteiger charge is 2.46. The third-order valence-electron chi connectivity index (χ3n) is 2.74. The Morgan fingerprint density at radius 3 is 2.44 bits per heavy atom. The SMILES string of the molecule is O=C1CN(c2ccc(O)cc2)C(C(F)(F)F)CN1. The number of anilines is 1. The molecular weight excluding hydrogens is 249 g/mol. The molecule has 2 rings (SSSR count). The summed E-state index contributed by atoms with van der Waals surface area (Å²) in [6.45, 7) is -0.821. The molecule has 7 heteroatoms. The molecular formula is C11H11F3N2O2. The predicted molar refractivity (Wildman–Crippen MR) is 58.3 cm³/mol. The molecule has 1 aliphatic rings. The number of halogens is 3. The van der Waals surface area contributed by atoms with Crippen LogP contribution >= 0.6 is 0 Å². The molecule has 0 aromatic heterocycles. The lowest BCUT2D eigenvalue weighted by molar-refractivity contribution is -0.153. The number of nitrogens with one attached hydrogen (secondary N) is 1. The summed E-state index contributed by atoms with van der Waals surface area (Å²) in [6.07, 6.45) is -4.43. The molecule has 2 N–H and O–H groups in total. The number of piperazine rings is 1. The van der Waals surface area contributed by atoms with Crippen molar-refractivity contribution in [1.82, 2.24) is 5.32 Å². The zero-order valence-corrected chi connectivity index (χ0v) is 9.24. The summed E-state index contributed by atoms with van der Waals surface area (Å²) >= 11 is 0. The molecule has 1 heterocycles. The largest absolute Gasteiger partial charge is 0.508 e. The number of aromatic hydroxyl groups is 1. The monoisotopic (exact) mass is 260 g/mol. The van der Waals surface area contributed by atoms with Crippen LogP contribution in [0.4, 0.5) is 18.9 Å². The molecule has 1 aliphatic heterocycles. The molecule has 0 spiro atoms. The van der Waals surface area contributed by atoms with Crippen LogP contribution in [0, 0.1) is 0 Å². The number of alkyl halides is 3. The molecule has 1 atom stereocenters. The first-order chi connectivity index (χ1) is 8.38. The fraction of sp³-hybridized carbons (Fsp3) is 0.364. The number of rotatable bonds is 1. The Labute approximate surface area is 101 Å². The molecule has 0 radical (unpaired) electrons. The fourth-order valence-corrected chi connectivity index (χ4v) is 1.85. The van der Waals surface area contributed by atoms with E-state index in [2.05, 4.69) is 5.32 Å². The first kappa shape index (κ1) is 12.5. The van der Waals surface area contributed by atoms with E-state index in [-0.39, 0.29) is 18.0 Å². The van der Waals surface area contributed by atoms with Crippen molar-refractivity contribution in [1.29, 1.82) is 0 Å². The highest BCUT2D eigenvalue weighted by molar-refractivity contribution is 5.83. The molecule has 4 nitrogen and oxygen atoms in total. The van der Waals surface area contributed by atoms with Crippen molar-refractivity contribution < 1.29 is 23.1 Å². The second kappa shape index (κ2) is 4.40. The maximum atomic E-state index is 12.8. The number of amides is 1. The summed E-state index contributed by atoms with van der Waals surface area (Å²) in [6, 6.07) is 3.53. The van der Waals surface area contributed by atoms with Crippen molar-refractivity contribution in [3.63, 3.8) is 0 Å². The van der Waals surface area contributed by atoms with E-state index >= 15 is 0 Å². The molecule has 1 unspecified atom stereocenters. The van der Waals surface area contributed by atoms with Gasteiger partial charge in [-0.2, -0.15) is 13.2 Å². The second-order valence-electron chi connectivity index (χ2n) is 4.01. The molecule has 0 bridgehead atoms. The number of phenolic OH excluding ortho intramolecular Hbond substituents is 1. The van der Waals surface area contributed by atoms with Crippen LogP contribution in [0.1, 0.15) is 0 Å². The highest BCUT2D eigenvalue weighted by atomic mass is 19.4. The van der Waals surface area contributed by atoms with Crippen LogP contribution in [-0.2, 0) is 4.79 Å². The predicted octanol–water partition coefficient (Wildman–Crippen LogP) is 1.26. The van der Waals surface area contributed by atoms with Crippen LogP contribution in [0.25, 0.3) is 0 Å². The van der Waals surface area contributed by atoms with Gasteiger partial charge < -0.3 is 15.3 Å². The van der Waals surface area contributed by atoms with Gasteiger partial charge in [0, 0.05) is 12.2 Å². The molecule has 18 heavy (non-hydrogen) atoms. The number of carbonyl (C=O) groups excluding carboxylic acids is 1. The summed E-state index contributed by atoms with van der Waals surface area (Å²) in [5.74, 6) is -0.493. The van der Waals surface area contributed by atoms with Gasteiger partial charge in [-0.3, -0.25) is 4.79 Å². The lowest BCUT2D eigenvalue weighted by Gasteiger charge is -2.38. The summed E-state index contributed by atoms with van der Waals surface area (Å²) in [7, 11) is 0. The van der Waals surface area contributed by atoms with Gasteiger partial charge in [0.05, 0.1) is 6.54 Å². The van der Waals surface area contributed by atoms with Crippen molar-refractivity contribution in [3.05, 3.63) is 24.3 Å². The smallest absolute Gasteiger partial charge is 0.410 e. The molecule has 1 aromatic rings. The molecule has 98 valence electrons. The molecule has 1 amide bonds. The van der Waals surface area contributed by atoms with Gasteiger partial charge in [0.15, 0.2) is 0 Å². The standard InChI is InChI=1S/C11H11F3N2O2/c12-11(13,14)9-5-15-10(18)6-16(9)7-1-3-8(17)4-2-7/h1-4,9,17H,5-6H2,(H,15,18). The van der Waals surface area contributed by atoms with Gasteiger partial charge in [0.1, 0.15) is 11.8 Å². The van der Waals surface area contributed by atoms with Gasteiger partial charge in [-0.1, -0.05) is 0 Å². The minimum absolute atomic E-state index is 0.0382. The third kappa shape index (κ3) is 2.49. The Morgan fingerprint density at radius 2 is 1.89 bits per heavy atom. The van der Waals surface area contributed by atoms with Crippen LogP contribution in [0.15, 0.2) is 24.3 Å². The van der Waals surface area contributed by atoms with Gasteiger partial charge in [0.2, 0.25) is 5.91 Å². The zero-order chi connectivity index (χ0) is 13.3. The van der Waals surface area contributed by atoms with Crippen LogP contribution in [0.3, 0.4) is 0 Å². The Bertz CT molecular complexity index is 445. The van der Waals surface area contributed by atoms with E-state index in [0.29, 0.717) is 0 Å². The molecule has 1 fully saturated rings. The fourth-order valence-electron chi connectivity index (χ4n) is 1.85. The maximum absolute atomic E-state index is 12.8. The number of nitrogens with zero attached hydrogens (tertiary/aromatic N) is 1. The minimum Gasteiger partial charge on any atom is -0.508 e. The van der Waals surface area contributed by atoms with Crippen molar-refractivity contribution in [3.8, 4) is 5.75 Å². The Hall–Kier alpha value is -1.92. The van der Waals surface area contributed by atoms with Crippen LogP contribution in [0.5, 0.6) is 5.75 Å². The van der Waals surface area contributed by atoms with Crippen molar-refractivity contribution in [2.45, 2.75) is 12.2 Å². The van der Waals surface area contributed by atoms with E-state index in [9.17, 15) is 18.0 Å². The topological polar surface area (TPSA) is 52.6 Å². The van der Waals surface area contributed by atoms with Crippen LogP contribution in [0.2, 0.25) is 0 Å². The number of benzene rings is 1. The average Bonchev–Trinajstić information content (AvgIpc) is 2.28. The summed E-state index contributed by atoms with van der Waals surface area (Å²) in [5, 5.41) is 11.3. The van der Waals surface area contributed by atoms with E-state index in [1.165, 1.54) is 24.3 Å². The van der Waals surface area contributed by atoms with Crippen molar-refractivity contribution in [2.75, 3.05) is 18.0 Å². The first-order valence-corrected chi connectivity index (χ1v) is 5.27. The maximum Gasteiger partial charge on any atom is 0.410 e. The average molecular weight is 260 g/mol. The molecule has 0 saturated carbocycles. The lowest BCUT2D eigenvalue weighted by Crippen LogP contribution is -2.60. The van der Waals surface area contributed by atoms with Gasteiger partial charge >= 0.3 is 6.18 Å². The zero-order valence-electron chi connectivity index (χ0n) is 9.24. The molecule has 1 aromatic carbocycles. The molecule has 0 aliphatic carbocycles. The van der Waals surface area contributed by atoms with Gasteiger partial charge in [0.25, 0.3) is 0 Å². The van der Waals surface area contributed by atoms with Gasteiger partial charge in [-0.15, -0.1) is 0 Å². The summed E-state index contributed by atoms with van der Waals surface area (Å²) in [4.78, 5) is 12.2. The summed E-state index contributed by atoms with van der Waals surface area (Å²) in [5.41, 5.74) is 0.255. The normalized spacial score (nSPS) is 20.7. The van der Waals surface area contributed by atoms with E-state index in [1.54, 1.807) is 0 Å². The number of carbonyl (C=O) groups is 1. The quantitative estimate of drug-likeness (QED) is 0.799. The van der Waals surface area contributed by atoms with E-state index in [0.717, 1.165) is 4.90 Å². The summed E-state index contributed by atoms with van der Waals surface area (Å²) < 4.78 is 38.5. The lowest BCUT2D eigenvalue weighted by atomic mass is 10.1. The van der Waals surface area contributed by atoms with Crippen LogP contribution in [-0.4, -0.2) is 36.3 Å². The Kier molecular flexibility index (Phi) is 3.06. The third-order valence-corrected chi connectivity index (χ3v) is 2.74.